The van der Waals surface area contributed by atoms with Crippen molar-refractivity contribution < 1.29 is 0 Å². The lowest BCUT2D eigenvalue weighted by molar-refractivity contribution is 0.436. The van der Waals surface area contributed by atoms with Crippen LogP contribution in [-0.2, 0) is 13.1 Å². The third kappa shape index (κ3) is 6.08. The number of aromatic nitrogens is 1. The molecule has 2 aromatic carbocycles. The number of benzene rings is 2. The first-order valence-electron chi connectivity index (χ1n) is 11.0. The molecule has 34 heavy (non-hydrogen) atoms. The van der Waals surface area contributed by atoms with Gasteiger partial charge < -0.3 is 9.80 Å². The monoisotopic (exact) mass is 527 g/mol. The second-order valence-corrected chi connectivity index (χ2v) is 10.9. The third-order valence-corrected chi connectivity index (χ3v) is 7.89. The molecular formula is C25H23Cl2N5S2. The van der Waals surface area contributed by atoms with E-state index in [0.717, 1.165) is 80.8 Å². The summed E-state index contributed by atoms with van der Waals surface area (Å²) in [7, 11) is 0. The SMILES string of the molecule is Clc1ccc(N=C2SCCN2Cc2cccc(CN3CCSC3=Nc3ccc(Cl)cc3)n2)cc1. The molecule has 0 aliphatic carbocycles. The van der Waals surface area contributed by atoms with Crippen LogP contribution in [0.25, 0.3) is 0 Å². The van der Waals surface area contributed by atoms with Gasteiger partial charge in [0.1, 0.15) is 0 Å². The quantitative estimate of drug-likeness (QED) is 0.350. The van der Waals surface area contributed by atoms with Crippen LogP contribution >= 0.6 is 46.7 Å². The van der Waals surface area contributed by atoms with E-state index in [9.17, 15) is 0 Å². The second-order valence-electron chi connectivity index (χ2n) is 7.90. The summed E-state index contributed by atoms with van der Waals surface area (Å²) in [6.45, 7) is 3.41. The number of hydrogen-bond acceptors (Lipinski definition) is 5. The predicted molar refractivity (Wildman–Crippen MR) is 147 cm³/mol. The molecule has 2 aliphatic rings. The Morgan fingerprint density at radius 3 is 1.56 bits per heavy atom. The van der Waals surface area contributed by atoms with Crippen LogP contribution in [0.1, 0.15) is 11.4 Å². The van der Waals surface area contributed by atoms with Crippen LogP contribution in [-0.4, -0.2) is 49.7 Å². The molecule has 174 valence electrons. The highest BCUT2D eigenvalue weighted by Crippen LogP contribution is 2.27. The standard InChI is InChI=1S/C25H23Cl2N5S2/c26-18-4-8-20(9-5-18)29-24-31(12-14-33-24)16-22-2-1-3-23(28-22)17-32-13-15-34-25(32)30-21-10-6-19(27)7-11-21/h1-11H,12-17H2. The van der Waals surface area contributed by atoms with E-state index in [2.05, 4.69) is 28.0 Å². The van der Waals surface area contributed by atoms with Gasteiger partial charge in [0.2, 0.25) is 0 Å². The van der Waals surface area contributed by atoms with Crippen molar-refractivity contribution in [2.45, 2.75) is 13.1 Å². The van der Waals surface area contributed by atoms with Crippen molar-refractivity contribution in [3.63, 3.8) is 0 Å². The van der Waals surface area contributed by atoms with Crippen LogP contribution in [0.3, 0.4) is 0 Å². The van der Waals surface area contributed by atoms with Crippen molar-refractivity contribution in [2.24, 2.45) is 9.98 Å². The summed E-state index contributed by atoms with van der Waals surface area (Å²) < 4.78 is 0. The lowest BCUT2D eigenvalue weighted by Gasteiger charge is -2.20. The van der Waals surface area contributed by atoms with E-state index in [-0.39, 0.29) is 0 Å². The van der Waals surface area contributed by atoms with E-state index < -0.39 is 0 Å². The lowest BCUT2D eigenvalue weighted by atomic mass is 10.2. The highest BCUT2D eigenvalue weighted by atomic mass is 35.5. The molecule has 0 saturated carbocycles. The predicted octanol–water partition coefficient (Wildman–Crippen LogP) is 6.86. The van der Waals surface area contributed by atoms with Crippen LogP contribution in [0.15, 0.2) is 76.7 Å². The fourth-order valence-electron chi connectivity index (χ4n) is 3.72. The molecular weight excluding hydrogens is 505 g/mol. The molecule has 9 heteroatoms. The Morgan fingerprint density at radius 1 is 0.676 bits per heavy atom. The molecule has 5 nitrogen and oxygen atoms in total. The van der Waals surface area contributed by atoms with Crippen LogP contribution in [0.2, 0.25) is 10.0 Å². The Kier molecular flexibility index (Phi) is 7.64. The fourth-order valence-corrected chi connectivity index (χ4v) is 5.97. The zero-order valence-corrected chi connectivity index (χ0v) is 21.5. The maximum absolute atomic E-state index is 6.01. The molecule has 2 saturated heterocycles. The highest BCUT2D eigenvalue weighted by molar-refractivity contribution is 8.14. The van der Waals surface area contributed by atoms with Crippen molar-refractivity contribution >= 4 is 68.4 Å². The summed E-state index contributed by atoms with van der Waals surface area (Å²) in [6.07, 6.45) is 0. The highest BCUT2D eigenvalue weighted by Gasteiger charge is 2.22. The topological polar surface area (TPSA) is 44.1 Å². The Bertz CT molecular complexity index is 1110. The Labute approximate surface area is 218 Å². The van der Waals surface area contributed by atoms with Crippen LogP contribution < -0.4 is 0 Å². The van der Waals surface area contributed by atoms with Crippen LogP contribution in [0, 0.1) is 0 Å². The van der Waals surface area contributed by atoms with E-state index in [1.807, 2.05) is 48.5 Å². The zero-order chi connectivity index (χ0) is 23.3. The van der Waals surface area contributed by atoms with E-state index in [0.29, 0.717) is 0 Å². The number of rotatable bonds is 6. The van der Waals surface area contributed by atoms with Gasteiger partial charge in [0.25, 0.3) is 0 Å². The van der Waals surface area contributed by atoms with Gasteiger partial charge in [0.15, 0.2) is 10.3 Å². The summed E-state index contributed by atoms with van der Waals surface area (Å²) in [5.41, 5.74) is 3.93. The third-order valence-electron chi connectivity index (χ3n) is 5.40. The molecule has 0 atom stereocenters. The van der Waals surface area contributed by atoms with Crippen molar-refractivity contribution in [2.75, 3.05) is 24.6 Å². The van der Waals surface area contributed by atoms with Gasteiger partial charge in [0.05, 0.1) is 35.9 Å². The van der Waals surface area contributed by atoms with Crippen molar-refractivity contribution in [3.8, 4) is 0 Å². The number of nitrogens with zero attached hydrogens (tertiary/aromatic N) is 5. The van der Waals surface area contributed by atoms with Gasteiger partial charge in [-0.25, -0.2) is 9.98 Å². The van der Waals surface area contributed by atoms with E-state index in [1.54, 1.807) is 23.5 Å². The lowest BCUT2D eigenvalue weighted by Crippen LogP contribution is -2.26. The smallest absolute Gasteiger partial charge is 0.164 e. The number of amidine groups is 2. The summed E-state index contributed by atoms with van der Waals surface area (Å²) in [4.78, 5) is 19.2. The minimum Gasteiger partial charge on any atom is -0.344 e. The van der Waals surface area contributed by atoms with E-state index in [4.69, 9.17) is 38.2 Å². The number of thioether (sulfide) groups is 2. The van der Waals surface area contributed by atoms with E-state index in [1.165, 1.54) is 0 Å². The molecule has 2 fully saturated rings. The summed E-state index contributed by atoms with van der Waals surface area (Å²) in [5.74, 6) is 2.06. The summed E-state index contributed by atoms with van der Waals surface area (Å²) >= 11 is 15.6. The molecule has 0 amide bonds. The Morgan fingerprint density at radius 2 is 1.12 bits per heavy atom. The average Bonchev–Trinajstić information content (AvgIpc) is 3.46. The first-order valence-corrected chi connectivity index (χ1v) is 13.7. The molecule has 3 aromatic rings. The largest absolute Gasteiger partial charge is 0.344 e. The molecule has 0 bridgehead atoms. The molecule has 1 aromatic heterocycles. The molecule has 0 N–H and O–H groups in total. The summed E-state index contributed by atoms with van der Waals surface area (Å²) in [5, 5.41) is 3.50. The molecule has 0 spiro atoms. The van der Waals surface area contributed by atoms with Gasteiger partial charge in [-0.1, -0.05) is 52.8 Å². The van der Waals surface area contributed by atoms with Crippen molar-refractivity contribution in [1.82, 2.24) is 14.8 Å². The van der Waals surface area contributed by atoms with Gasteiger partial charge in [0, 0.05) is 34.6 Å². The zero-order valence-electron chi connectivity index (χ0n) is 18.4. The molecule has 0 unspecified atom stereocenters. The van der Waals surface area contributed by atoms with Gasteiger partial charge in [-0.3, -0.25) is 4.98 Å². The minimum absolute atomic E-state index is 0.721. The number of pyridine rings is 1. The normalized spacial score (nSPS) is 18.4. The number of hydrogen-bond donors (Lipinski definition) is 0. The molecule has 5 rings (SSSR count). The van der Waals surface area contributed by atoms with Gasteiger partial charge in [-0.2, -0.15) is 0 Å². The van der Waals surface area contributed by atoms with Gasteiger partial charge in [-0.15, -0.1) is 0 Å². The molecule has 2 aliphatic heterocycles. The Balaban J connectivity index is 1.27. The van der Waals surface area contributed by atoms with Crippen LogP contribution in [0.5, 0.6) is 0 Å². The van der Waals surface area contributed by atoms with Crippen molar-refractivity contribution in [3.05, 3.63) is 88.2 Å². The second kappa shape index (κ2) is 11.0. The fraction of sp³-hybridized carbons (Fsp3) is 0.240. The maximum Gasteiger partial charge on any atom is 0.164 e. The van der Waals surface area contributed by atoms with Crippen molar-refractivity contribution in [1.29, 1.82) is 0 Å². The number of aliphatic imine (C=N–C) groups is 2. The number of halogens is 2. The summed E-state index contributed by atoms with van der Waals surface area (Å²) in [6, 6.07) is 21.6. The first-order chi connectivity index (χ1) is 16.6. The van der Waals surface area contributed by atoms with Crippen LogP contribution in [0.4, 0.5) is 11.4 Å². The first kappa shape index (κ1) is 23.5. The minimum atomic E-state index is 0.721. The van der Waals surface area contributed by atoms with E-state index >= 15 is 0 Å². The molecule has 0 radical (unpaired) electrons. The molecule has 3 heterocycles. The maximum atomic E-state index is 6.01. The van der Waals surface area contributed by atoms with Gasteiger partial charge in [-0.05, 0) is 60.7 Å². The van der Waals surface area contributed by atoms with Gasteiger partial charge >= 0.3 is 0 Å². The Hall–Kier alpha value is -2.19. The average molecular weight is 529 g/mol.